The molecule has 0 saturated carbocycles. The molecule has 0 heterocycles. The van der Waals surface area contributed by atoms with Gasteiger partial charge in [0.05, 0.1) is 5.75 Å². The normalized spacial score (nSPS) is 12.7. The van der Waals surface area contributed by atoms with E-state index in [1.807, 2.05) is 20.8 Å². The predicted molar refractivity (Wildman–Crippen MR) is 71.3 cm³/mol. The van der Waals surface area contributed by atoms with E-state index in [0.717, 1.165) is 24.9 Å². The van der Waals surface area contributed by atoms with Crippen molar-refractivity contribution in [3.63, 3.8) is 0 Å². The zero-order valence-corrected chi connectivity index (χ0v) is 12.6. The highest BCUT2D eigenvalue weighted by molar-refractivity contribution is 8.03. The maximum absolute atomic E-state index is 11.6. The van der Waals surface area contributed by atoms with Gasteiger partial charge in [-0.15, -0.1) is 0 Å². The number of rotatable bonds is 8. The molecule has 0 aliphatic heterocycles. The van der Waals surface area contributed by atoms with Gasteiger partial charge in [0.15, 0.2) is 0 Å². The lowest BCUT2D eigenvalue weighted by molar-refractivity contribution is -0.126. The maximum atomic E-state index is 11.6. The molecule has 0 unspecified atom stereocenters. The van der Waals surface area contributed by atoms with Gasteiger partial charge >= 0.3 is 0 Å². The molecule has 0 bridgehead atoms. The van der Waals surface area contributed by atoms with Crippen molar-refractivity contribution in [1.82, 2.24) is 0 Å². The van der Waals surface area contributed by atoms with Crippen molar-refractivity contribution in [3.8, 4) is 0 Å². The van der Waals surface area contributed by atoms with E-state index in [2.05, 4.69) is 3.63 Å². The smallest absolute Gasteiger partial charge is 0.278 e. The number of ketones is 1. The van der Waals surface area contributed by atoms with E-state index >= 15 is 0 Å². The van der Waals surface area contributed by atoms with Crippen LogP contribution >= 0.6 is 12.0 Å². The second kappa shape index (κ2) is 7.38. The van der Waals surface area contributed by atoms with Crippen LogP contribution in [0.5, 0.6) is 0 Å². The van der Waals surface area contributed by atoms with Gasteiger partial charge in [0, 0.05) is 30.1 Å². The van der Waals surface area contributed by atoms with Crippen LogP contribution in [0.3, 0.4) is 0 Å². The summed E-state index contributed by atoms with van der Waals surface area (Å²) in [6.45, 7) is 5.68. The fourth-order valence-electron chi connectivity index (χ4n) is 1.25. The van der Waals surface area contributed by atoms with Crippen molar-refractivity contribution >= 4 is 27.9 Å². The van der Waals surface area contributed by atoms with Gasteiger partial charge in [-0.25, -0.2) is 0 Å². The number of carbonyl (C=O) groups excluding carboxylic acids is 1. The highest BCUT2D eigenvalue weighted by atomic mass is 32.3. The van der Waals surface area contributed by atoms with E-state index in [0.29, 0.717) is 12.8 Å². The molecule has 0 fully saturated rings. The van der Waals surface area contributed by atoms with Gasteiger partial charge in [-0.3, -0.25) is 4.79 Å². The minimum absolute atomic E-state index is 0.0253. The Hall–Kier alpha value is -0.0700. The fourth-order valence-corrected chi connectivity index (χ4v) is 2.91. The molecule has 0 amide bonds. The van der Waals surface area contributed by atoms with Gasteiger partial charge in [0.25, 0.3) is 10.1 Å². The Morgan fingerprint density at radius 3 is 2.24 bits per heavy atom. The third-order valence-corrected chi connectivity index (χ3v) is 4.47. The Kier molecular flexibility index (Phi) is 7.35. The standard InChI is InChI=1S/C11H22O4S2/c1-11(2,3)10(12)8-6-5-7-9-17(13,14)15-16-4/h5-9H2,1-4H3. The summed E-state index contributed by atoms with van der Waals surface area (Å²) >= 11 is 0.839. The molecule has 0 aliphatic rings. The van der Waals surface area contributed by atoms with E-state index < -0.39 is 10.1 Å². The minimum Gasteiger partial charge on any atom is -0.299 e. The van der Waals surface area contributed by atoms with Gasteiger partial charge < -0.3 is 0 Å². The minimum atomic E-state index is -3.38. The van der Waals surface area contributed by atoms with Gasteiger partial charge in [0.2, 0.25) is 0 Å². The van der Waals surface area contributed by atoms with Gasteiger partial charge in [-0.05, 0) is 12.8 Å². The van der Waals surface area contributed by atoms with Gasteiger partial charge in [0.1, 0.15) is 5.78 Å². The van der Waals surface area contributed by atoms with E-state index in [1.165, 1.54) is 0 Å². The number of hydrogen-bond donors (Lipinski definition) is 0. The number of Topliss-reactive ketones (excluding diaryl/α,β-unsaturated/α-hetero) is 1. The Bertz CT molecular complexity index is 328. The number of hydrogen-bond acceptors (Lipinski definition) is 5. The van der Waals surface area contributed by atoms with Crippen LogP contribution in [0.15, 0.2) is 0 Å². The topological polar surface area (TPSA) is 60.4 Å². The quantitative estimate of drug-likeness (QED) is 0.506. The van der Waals surface area contributed by atoms with E-state index in [9.17, 15) is 13.2 Å². The highest BCUT2D eigenvalue weighted by Crippen LogP contribution is 2.18. The van der Waals surface area contributed by atoms with Crippen LogP contribution in [-0.2, 0) is 18.5 Å². The molecule has 0 N–H and O–H groups in total. The van der Waals surface area contributed by atoms with Crippen LogP contribution in [-0.4, -0.2) is 26.2 Å². The monoisotopic (exact) mass is 282 g/mol. The van der Waals surface area contributed by atoms with Crippen LogP contribution in [0.4, 0.5) is 0 Å². The molecule has 102 valence electrons. The van der Waals surface area contributed by atoms with Crippen molar-refractivity contribution in [2.45, 2.75) is 46.5 Å². The molecule has 0 radical (unpaired) electrons. The van der Waals surface area contributed by atoms with Crippen molar-refractivity contribution < 1.29 is 16.8 Å². The Morgan fingerprint density at radius 2 is 1.76 bits per heavy atom. The average Bonchev–Trinajstić information content (AvgIpc) is 2.15. The van der Waals surface area contributed by atoms with Gasteiger partial charge in [-0.1, -0.05) is 27.2 Å². The van der Waals surface area contributed by atoms with Crippen LogP contribution in [0.25, 0.3) is 0 Å². The van der Waals surface area contributed by atoms with Crippen LogP contribution in [0.2, 0.25) is 0 Å². The summed E-state index contributed by atoms with van der Waals surface area (Å²) in [5.74, 6) is 0.248. The second-order valence-electron chi connectivity index (χ2n) is 4.98. The summed E-state index contributed by atoms with van der Waals surface area (Å²) in [6, 6.07) is 0. The lowest BCUT2D eigenvalue weighted by atomic mass is 9.88. The summed E-state index contributed by atoms with van der Waals surface area (Å²) in [5, 5.41) is 0. The molecule has 4 nitrogen and oxygen atoms in total. The number of unbranched alkanes of at least 4 members (excludes halogenated alkanes) is 2. The fraction of sp³-hybridized carbons (Fsp3) is 0.909. The highest BCUT2D eigenvalue weighted by Gasteiger charge is 2.20. The average molecular weight is 282 g/mol. The summed E-state index contributed by atoms with van der Waals surface area (Å²) in [5.41, 5.74) is -0.298. The second-order valence-corrected chi connectivity index (χ2v) is 7.38. The van der Waals surface area contributed by atoms with Crippen molar-refractivity contribution in [2.75, 3.05) is 12.0 Å². The summed E-state index contributed by atoms with van der Waals surface area (Å²) in [4.78, 5) is 11.6. The Morgan fingerprint density at radius 1 is 1.18 bits per heavy atom. The molecule has 0 aromatic rings. The molecule has 17 heavy (non-hydrogen) atoms. The molecular formula is C11H22O4S2. The summed E-state index contributed by atoms with van der Waals surface area (Å²) in [6.07, 6.45) is 4.11. The lowest BCUT2D eigenvalue weighted by Crippen LogP contribution is -2.19. The first kappa shape index (κ1) is 16.9. The van der Waals surface area contributed by atoms with Gasteiger partial charge in [-0.2, -0.15) is 12.0 Å². The maximum Gasteiger partial charge on any atom is 0.278 e. The molecular weight excluding hydrogens is 260 g/mol. The Balaban J connectivity index is 3.71. The molecule has 0 spiro atoms. The zero-order chi connectivity index (χ0) is 13.5. The van der Waals surface area contributed by atoms with Crippen molar-refractivity contribution in [3.05, 3.63) is 0 Å². The Labute approximate surface area is 109 Å². The molecule has 0 aromatic heterocycles. The molecule has 0 atom stereocenters. The zero-order valence-electron chi connectivity index (χ0n) is 11.0. The largest absolute Gasteiger partial charge is 0.299 e. The molecule has 0 saturated heterocycles. The molecule has 0 aromatic carbocycles. The summed E-state index contributed by atoms with van der Waals surface area (Å²) < 4.78 is 26.9. The third-order valence-electron chi connectivity index (χ3n) is 2.31. The van der Waals surface area contributed by atoms with Crippen LogP contribution in [0.1, 0.15) is 46.5 Å². The molecule has 6 heteroatoms. The first-order valence-electron chi connectivity index (χ1n) is 5.67. The third kappa shape index (κ3) is 8.63. The SMILES string of the molecule is CSOS(=O)(=O)CCCCCC(=O)C(C)(C)C. The van der Waals surface area contributed by atoms with E-state index in [4.69, 9.17) is 0 Å². The van der Waals surface area contributed by atoms with Crippen molar-refractivity contribution in [1.29, 1.82) is 0 Å². The van der Waals surface area contributed by atoms with E-state index in [-0.39, 0.29) is 17.0 Å². The lowest BCUT2D eigenvalue weighted by Gasteiger charge is -2.16. The first-order chi connectivity index (χ1) is 7.69. The van der Waals surface area contributed by atoms with Crippen LogP contribution < -0.4 is 0 Å². The summed E-state index contributed by atoms with van der Waals surface area (Å²) in [7, 11) is -3.38. The van der Waals surface area contributed by atoms with Crippen molar-refractivity contribution in [2.24, 2.45) is 5.41 Å². The molecule has 0 rings (SSSR count). The van der Waals surface area contributed by atoms with Crippen LogP contribution in [0, 0.1) is 5.41 Å². The first-order valence-corrected chi connectivity index (χ1v) is 8.40. The van der Waals surface area contributed by atoms with E-state index in [1.54, 1.807) is 6.26 Å². The molecule has 0 aliphatic carbocycles. The predicted octanol–water partition coefficient (Wildman–Crippen LogP) is 2.79. The number of carbonyl (C=O) groups is 1.